The number of benzene rings is 11. The maximum atomic E-state index is 5.19. The second-order valence-electron chi connectivity index (χ2n) is 14.6. The number of rotatable bonds is 5. The molecule has 0 N–H and O–H groups in total. The summed E-state index contributed by atoms with van der Waals surface area (Å²) in [6.45, 7) is 0. The smallest absolute Gasteiger partial charge is 0.182 e. The van der Waals surface area contributed by atoms with Crippen molar-refractivity contribution in [3.8, 4) is 50.7 Å². The van der Waals surface area contributed by atoms with E-state index in [1.54, 1.807) is 0 Å². The highest BCUT2D eigenvalue weighted by atomic mass is 15.4. The molecule has 12 rings (SSSR count). The molecular formula is C52H31N3. The summed E-state index contributed by atoms with van der Waals surface area (Å²) in [5.41, 5.74) is 7.76. The van der Waals surface area contributed by atoms with Crippen LogP contribution in [0, 0.1) is 0 Å². The van der Waals surface area contributed by atoms with Crippen LogP contribution in [0.2, 0.25) is 0 Å². The summed E-state index contributed by atoms with van der Waals surface area (Å²) < 4.78 is 1.97. The van der Waals surface area contributed by atoms with Gasteiger partial charge in [0.2, 0.25) is 0 Å². The van der Waals surface area contributed by atoms with Crippen molar-refractivity contribution < 1.29 is 0 Å². The third-order valence-corrected chi connectivity index (χ3v) is 11.6. The molecule has 12 aromatic rings. The van der Waals surface area contributed by atoms with Gasteiger partial charge in [0.15, 0.2) is 11.6 Å². The van der Waals surface area contributed by atoms with Crippen LogP contribution in [-0.2, 0) is 0 Å². The van der Waals surface area contributed by atoms with Gasteiger partial charge in [-0.2, -0.15) is 0 Å². The van der Waals surface area contributed by atoms with Gasteiger partial charge < -0.3 is 0 Å². The van der Waals surface area contributed by atoms with Crippen LogP contribution in [0.15, 0.2) is 188 Å². The van der Waals surface area contributed by atoms with Crippen LogP contribution >= 0.6 is 0 Å². The fourth-order valence-corrected chi connectivity index (χ4v) is 8.94. The van der Waals surface area contributed by atoms with Crippen molar-refractivity contribution in [2.24, 2.45) is 0 Å². The number of hydrogen-bond donors (Lipinski definition) is 0. The Balaban J connectivity index is 0.935. The molecule has 0 radical (unpaired) electrons. The zero-order valence-corrected chi connectivity index (χ0v) is 29.7. The summed E-state index contributed by atoms with van der Waals surface area (Å²) in [5, 5.41) is 20.6. The molecule has 0 fully saturated rings. The second kappa shape index (κ2) is 11.6. The third kappa shape index (κ3) is 4.57. The molecule has 0 bridgehead atoms. The van der Waals surface area contributed by atoms with Crippen molar-refractivity contribution in [1.29, 1.82) is 0 Å². The van der Waals surface area contributed by atoms with Crippen LogP contribution in [0.3, 0.4) is 0 Å². The molecule has 11 aromatic carbocycles. The Morgan fingerprint density at radius 3 is 1.24 bits per heavy atom. The van der Waals surface area contributed by atoms with Crippen LogP contribution in [0.4, 0.5) is 0 Å². The molecule has 0 aliphatic carbocycles. The Labute approximate surface area is 317 Å². The first-order valence-corrected chi connectivity index (χ1v) is 18.8. The lowest BCUT2D eigenvalue weighted by Crippen LogP contribution is -1.99. The Bertz CT molecular complexity index is 3360. The molecule has 3 nitrogen and oxygen atoms in total. The summed E-state index contributed by atoms with van der Waals surface area (Å²) >= 11 is 0. The molecule has 0 saturated carbocycles. The Hall–Kier alpha value is -7.36. The molecule has 254 valence electrons. The standard InChI is InChI=1S/C52H31N3/c1-2-10-42(11-3-1)55-52(41-22-14-33(15-23-41)44-29-25-39-19-17-35-7-5-9-37-27-31-46(44)50(39)48(35)37)53-51(54-55)40-20-12-32(13-21-40)43-28-24-38-18-16-34-6-4-8-36-26-30-45(43)49(38)47(34)36/h1-31H. The summed E-state index contributed by atoms with van der Waals surface area (Å²) in [7, 11) is 0. The molecule has 0 spiro atoms. The lowest BCUT2D eigenvalue weighted by atomic mass is 9.90. The van der Waals surface area contributed by atoms with Gasteiger partial charge in [-0.15, -0.1) is 5.10 Å². The number of para-hydroxylation sites is 1. The maximum Gasteiger partial charge on any atom is 0.182 e. The van der Waals surface area contributed by atoms with Crippen LogP contribution in [0.1, 0.15) is 0 Å². The maximum absolute atomic E-state index is 5.19. The molecule has 0 amide bonds. The first-order valence-electron chi connectivity index (χ1n) is 18.8. The molecular weight excluding hydrogens is 667 g/mol. The highest BCUT2D eigenvalue weighted by molar-refractivity contribution is 6.26. The Morgan fingerprint density at radius 1 is 0.309 bits per heavy atom. The average molecular weight is 698 g/mol. The van der Waals surface area contributed by atoms with Gasteiger partial charge in [0, 0.05) is 11.1 Å². The van der Waals surface area contributed by atoms with Crippen molar-refractivity contribution in [3.05, 3.63) is 188 Å². The highest BCUT2D eigenvalue weighted by Gasteiger charge is 2.18. The average Bonchev–Trinajstić information content (AvgIpc) is 3.71. The van der Waals surface area contributed by atoms with Gasteiger partial charge in [-0.1, -0.05) is 176 Å². The van der Waals surface area contributed by atoms with E-state index < -0.39 is 0 Å². The predicted molar refractivity (Wildman–Crippen MR) is 231 cm³/mol. The van der Waals surface area contributed by atoms with E-state index in [0.29, 0.717) is 5.82 Å². The zero-order chi connectivity index (χ0) is 36.0. The summed E-state index contributed by atoms with van der Waals surface area (Å²) in [4.78, 5) is 5.19. The number of nitrogens with zero attached hydrogens (tertiary/aromatic N) is 3. The molecule has 1 heterocycles. The fraction of sp³-hybridized carbons (Fsp3) is 0. The van der Waals surface area contributed by atoms with E-state index in [2.05, 4.69) is 170 Å². The van der Waals surface area contributed by atoms with Crippen molar-refractivity contribution in [2.75, 3.05) is 0 Å². The van der Waals surface area contributed by atoms with E-state index in [9.17, 15) is 0 Å². The molecule has 0 unspecified atom stereocenters. The van der Waals surface area contributed by atoms with Gasteiger partial charge in [0.05, 0.1) is 5.69 Å². The van der Waals surface area contributed by atoms with Crippen molar-refractivity contribution in [2.45, 2.75) is 0 Å². The van der Waals surface area contributed by atoms with E-state index >= 15 is 0 Å². The second-order valence-corrected chi connectivity index (χ2v) is 14.6. The summed E-state index contributed by atoms with van der Waals surface area (Å²) in [5.74, 6) is 1.50. The minimum absolute atomic E-state index is 0.691. The SMILES string of the molecule is c1ccc(-n2nc(-c3ccc(-c4ccc5ccc6cccc7ccc4c5c67)cc3)nc2-c2ccc(-c3ccc4ccc5cccc6ccc3c4c56)cc2)cc1. The van der Waals surface area contributed by atoms with E-state index in [4.69, 9.17) is 10.1 Å². The van der Waals surface area contributed by atoms with Gasteiger partial charge in [-0.05, 0) is 99.0 Å². The van der Waals surface area contributed by atoms with Gasteiger partial charge >= 0.3 is 0 Å². The monoisotopic (exact) mass is 697 g/mol. The quantitative estimate of drug-likeness (QED) is 0.168. The lowest BCUT2D eigenvalue weighted by molar-refractivity contribution is 0.890. The van der Waals surface area contributed by atoms with Crippen LogP contribution < -0.4 is 0 Å². The lowest BCUT2D eigenvalue weighted by Gasteiger charge is -2.14. The minimum atomic E-state index is 0.691. The molecule has 3 heteroatoms. The fourth-order valence-electron chi connectivity index (χ4n) is 8.94. The van der Waals surface area contributed by atoms with E-state index in [-0.39, 0.29) is 0 Å². The summed E-state index contributed by atoms with van der Waals surface area (Å²) in [6, 6.07) is 67.9. The summed E-state index contributed by atoms with van der Waals surface area (Å²) in [6.07, 6.45) is 0. The molecule has 55 heavy (non-hydrogen) atoms. The normalized spacial score (nSPS) is 12.0. The van der Waals surface area contributed by atoms with Crippen LogP contribution in [-0.4, -0.2) is 14.8 Å². The molecule has 0 saturated heterocycles. The van der Waals surface area contributed by atoms with Crippen molar-refractivity contribution >= 4 is 64.6 Å². The minimum Gasteiger partial charge on any atom is -0.213 e. The molecule has 1 aromatic heterocycles. The first-order chi connectivity index (χ1) is 27.2. The molecule has 0 atom stereocenters. The Kier molecular flexibility index (Phi) is 6.34. The van der Waals surface area contributed by atoms with Crippen molar-refractivity contribution in [1.82, 2.24) is 14.8 Å². The van der Waals surface area contributed by atoms with E-state index in [0.717, 1.165) is 22.6 Å². The third-order valence-electron chi connectivity index (χ3n) is 11.6. The van der Waals surface area contributed by atoms with Gasteiger partial charge in [0.25, 0.3) is 0 Å². The van der Waals surface area contributed by atoms with E-state index in [1.165, 1.54) is 86.9 Å². The van der Waals surface area contributed by atoms with Gasteiger partial charge in [-0.25, -0.2) is 9.67 Å². The number of hydrogen-bond acceptors (Lipinski definition) is 2. The highest BCUT2D eigenvalue weighted by Crippen LogP contribution is 2.41. The van der Waals surface area contributed by atoms with Gasteiger partial charge in [0.1, 0.15) is 0 Å². The topological polar surface area (TPSA) is 30.7 Å². The largest absolute Gasteiger partial charge is 0.213 e. The zero-order valence-electron chi connectivity index (χ0n) is 29.7. The molecule has 0 aliphatic rings. The molecule has 0 aliphatic heterocycles. The predicted octanol–water partition coefficient (Wildman–Crippen LogP) is 13.7. The Morgan fingerprint density at radius 2 is 0.727 bits per heavy atom. The first kappa shape index (κ1) is 30.1. The van der Waals surface area contributed by atoms with Crippen LogP contribution in [0.5, 0.6) is 0 Å². The number of aromatic nitrogens is 3. The van der Waals surface area contributed by atoms with E-state index in [1.807, 2.05) is 22.9 Å². The van der Waals surface area contributed by atoms with Crippen LogP contribution in [0.25, 0.3) is 115 Å². The van der Waals surface area contributed by atoms with Gasteiger partial charge in [-0.3, -0.25) is 0 Å². The van der Waals surface area contributed by atoms with Crippen molar-refractivity contribution in [3.63, 3.8) is 0 Å².